The van der Waals surface area contributed by atoms with Crippen molar-refractivity contribution in [2.75, 3.05) is 32.7 Å². The number of ether oxygens (including phenoxy) is 1. The molecular formula is C33H36F3N3O6. The van der Waals surface area contributed by atoms with Gasteiger partial charge in [0.05, 0.1) is 26.1 Å². The molecule has 2 N–H and O–H groups in total. The summed E-state index contributed by atoms with van der Waals surface area (Å²) in [5.41, 5.74) is -0.0942. The second kappa shape index (κ2) is 14.7. The van der Waals surface area contributed by atoms with Crippen LogP contribution < -0.4 is 10.4 Å². The van der Waals surface area contributed by atoms with Gasteiger partial charge in [-0.25, -0.2) is 4.79 Å². The summed E-state index contributed by atoms with van der Waals surface area (Å²) >= 11 is 0. The zero-order valence-corrected chi connectivity index (χ0v) is 24.6. The van der Waals surface area contributed by atoms with Gasteiger partial charge in [0, 0.05) is 43.6 Å². The normalized spacial score (nSPS) is 20.8. The first-order valence-corrected chi connectivity index (χ1v) is 14.8. The van der Waals surface area contributed by atoms with E-state index in [4.69, 9.17) is 14.6 Å². The van der Waals surface area contributed by atoms with E-state index in [1.165, 1.54) is 0 Å². The number of esters is 1. The number of hydrogen-bond donors (Lipinski definition) is 2. The standard InChI is InChI=1S/C31H35N3O4.C2HF3O2/c35-29(22-27-14-7-8-17-32-27)33-18-9-19-34-20-15-24(16-21-34)28(23-34)38-30(36)31(37,25-10-3-1-4-11-25)26-12-5-2-6-13-26;3-2(4,5)1(6)7/h1-8,10-14,17,24,28,37H,9,15-16,18-23H2;(H,6,7)/t24?,28-,34?;/m0./s1. The molecule has 3 saturated heterocycles. The third-order valence-corrected chi connectivity index (χ3v) is 8.41. The van der Waals surface area contributed by atoms with Gasteiger partial charge in [0.2, 0.25) is 11.5 Å². The summed E-state index contributed by atoms with van der Waals surface area (Å²) in [7, 11) is 0. The van der Waals surface area contributed by atoms with E-state index in [2.05, 4.69) is 10.3 Å². The largest absolute Gasteiger partial charge is 0.542 e. The Bertz CT molecular complexity index is 1380. The lowest BCUT2D eigenvalue weighted by Crippen LogP contribution is -2.65. The molecule has 0 aliphatic carbocycles. The van der Waals surface area contributed by atoms with Crippen molar-refractivity contribution in [1.29, 1.82) is 0 Å². The van der Waals surface area contributed by atoms with Crippen LogP contribution in [0, 0.1) is 5.92 Å². The Kier molecular flexibility index (Phi) is 10.9. The van der Waals surface area contributed by atoms with Crippen LogP contribution in [0.25, 0.3) is 0 Å². The maximum Gasteiger partial charge on any atom is 0.430 e. The van der Waals surface area contributed by atoms with Crippen LogP contribution in [0.15, 0.2) is 85.1 Å². The van der Waals surface area contributed by atoms with Gasteiger partial charge in [-0.2, -0.15) is 13.2 Å². The zero-order valence-electron chi connectivity index (χ0n) is 24.6. The quantitative estimate of drug-likeness (QED) is 0.201. The Labute approximate surface area is 259 Å². The van der Waals surface area contributed by atoms with E-state index in [0.717, 1.165) is 55.6 Å². The number of piperidine rings is 3. The van der Waals surface area contributed by atoms with Crippen molar-refractivity contribution < 1.29 is 47.0 Å². The van der Waals surface area contributed by atoms with Crippen LogP contribution in [-0.2, 0) is 31.1 Å². The van der Waals surface area contributed by atoms with Crippen molar-refractivity contribution in [2.24, 2.45) is 5.92 Å². The number of nitrogens with one attached hydrogen (secondary N) is 1. The molecule has 3 aliphatic heterocycles. The molecule has 6 rings (SSSR count). The number of carbonyl (C=O) groups excluding carboxylic acids is 3. The first kappa shape index (κ1) is 33.6. The number of quaternary nitrogens is 1. The summed E-state index contributed by atoms with van der Waals surface area (Å²) in [5.74, 6) is -3.33. The predicted molar refractivity (Wildman–Crippen MR) is 155 cm³/mol. The van der Waals surface area contributed by atoms with Crippen LogP contribution in [0.2, 0.25) is 0 Å². The second-order valence-corrected chi connectivity index (χ2v) is 11.4. The number of carboxylic acid groups (broad SMARTS) is 1. The highest BCUT2D eigenvalue weighted by atomic mass is 19.4. The number of fused-ring (bicyclic) bond motifs is 3. The van der Waals surface area contributed by atoms with E-state index in [9.17, 15) is 27.9 Å². The molecule has 1 atom stereocenters. The minimum atomic E-state index is -5.19. The fraction of sp³-hybridized carbons (Fsp3) is 0.394. The average Bonchev–Trinajstić information content (AvgIpc) is 3.04. The van der Waals surface area contributed by atoms with Crippen LogP contribution in [-0.4, -0.2) is 77.4 Å². The third-order valence-electron chi connectivity index (χ3n) is 8.41. The number of benzene rings is 2. The fourth-order valence-corrected chi connectivity index (χ4v) is 6.02. The maximum atomic E-state index is 13.7. The molecule has 0 radical (unpaired) electrons. The lowest BCUT2D eigenvalue weighted by Gasteiger charge is -2.52. The van der Waals surface area contributed by atoms with E-state index >= 15 is 0 Å². The number of hydrogen-bond acceptors (Lipinski definition) is 7. The Balaban J connectivity index is 0.000000591. The van der Waals surface area contributed by atoms with Gasteiger partial charge in [0.25, 0.3) is 0 Å². The van der Waals surface area contributed by atoms with Gasteiger partial charge in [-0.3, -0.25) is 9.78 Å². The Hall–Kier alpha value is -4.29. The molecule has 0 unspecified atom stereocenters. The molecule has 1 aromatic heterocycles. The van der Waals surface area contributed by atoms with Crippen LogP contribution in [0.5, 0.6) is 0 Å². The summed E-state index contributed by atoms with van der Waals surface area (Å²) < 4.78 is 38.6. The van der Waals surface area contributed by atoms with Crippen molar-refractivity contribution >= 4 is 17.8 Å². The minimum Gasteiger partial charge on any atom is -0.542 e. The lowest BCUT2D eigenvalue weighted by molar-refractivity contribution is -0.946. The molecule has 45 heavy (non-hydrogen) atoms. The zero-order chi connectivity index (χ0) is 32.5. The predicted octanol–water partition coefficient (Wildman–Crippen LogP) is 2.52. The highest BCUT2D eigenvalue weighted by Crippen LogP contribution is 2.38. The molecule has 3 aliphatic rings. The number of aromatic nitrogens is 1. The van der Waals surface area contributed by atoms with Crippen LogP contribution in [0.1, 0.15) is 36.1 Å². The Morgan fingerprint density at radius 3 is 2.00 bits per heavy atom. The number of nitrogens with zero attached hydrogens (tertiary/aromatic N) is 2. The molecule has 2 aromatic carbocycles. The van der Waals surface area contributed by atoms with Gasteiger partial charge < -0.3 is 29.5 Å². The van der Waals surface area contributed by atoms with Crippen molar-refractivity contribution in [1.82, 2.24) is 10.3 Å². The number of carboxylic acids is 1. The maximum absolute atomic E-state index is 13.7. The monoisotopic (exact) mass is 627 g/mol. The summed E-state index contributed by atoms with van der Waals surface area (Å²) in [6, 6.07) is 23.6. The number of aliphatic hydroxyl groups is 1. The molecule has 4 heterocycles. The summed E-state index contributed by atoms with van der Waals surface area (Å²) in [4.78, 5) is 39.0. The number of pyridine rings is 1. The summed E-state index contributed by atoms with van der Waals surface area (Å²) in [6.07, 6.45) is -0.591. The fourth-order valence-electron chi connectivity index (χ4n) is 6.02. The molecule has 3 fully saturated rings. The van der Waals surface area contributed by atoms with Gasteiger partial charge in [-0.1, -0.05) is 66.7 Å². The van der Waals surface area contributed by atoms with E-state index in [1.54, 1.807) is 30.5 Å². The van der Waals surface area contributed by atoms with E-state index in [0.29, 0.717) is 23.6 Å². The average molecular weight is 628 g/mol. The third kappa shape index (κ3) is 8.67. The van der Waals surface area contributed by atoms with Crippen LogP contribution in [0.4, 0.5) is 13.2 Å². The Morgan fingerprint density at radius 1 is 0.933 bits per heavy atom. The Morgan fingerprint density at radius 2 is 1.49 bits per heavy atom. The molecular weight excluding hydrogens is 591 g/mol. The van der Waals surface area contributed by atoms with Gasteiger partial charge >= 0.3 is 12.1 Å². The molecule has 0 spiro atoms. The molecule has 3 aromatic rings. The number of alkyl halides is 3. The van der Waals surface area contributed by atoms with Gasteiger partial charge in [0.1, 0.15) is 12.5 Å². The second-order valence-electron chi connectivity index (χ2n) is 11.4. The number of halogens is 3. The minimum absolute atomic E-state index is 0.0195. The topological polar surface area (TPSA) is 129 Å². The van der Waals surface area contributed by atoms with E-state index in [-0.39, 0.29) is 18.4 Å². The smallest absolute Gasteiger partial charge is 0.430 e. The van der Waals surface area contributed by atoms with Gasteiger partial charge in [-0.05, 0) is 23.3 Å². The molecule has 12 heteroatoms. The molecule has 0 saturated carbocycles. The van der Waals surface area contributed by atoms with Crippen molar-refractivity contribution in [2.45, 2.75) is 43.6 Å². The molecule has 1 amide bonds. The van der Waals surface area contributed by atoms with Gasteiger partial charge in [0.15, 0.2) is 6.10 Å². The molecule has 240 valence electrons. The number of aliphatic carboxylic acids is 1. The summed E-state index contributed by atoms with van der Waals surface area (Å²) in [6.45, 7) is 4.40. The first-order chi connectivity index (χ1) is 21.4. The van der Waals surface area contributed by atoms with Crippen molar-refractivity contribution in [3.8, 4) is 0 Å². The first-order valence-electron chi connectivity index (χ1n) is 14.8. The highest BCUT2D eigenvalue weighted by Gasteiger charge is 2.50. The van der Waals surface area contributed by atoms with E-state index in [1.807, 2.05) is 54.6 Å². The van der Waals surface area contributed by atoms with E-state index < -0.39 is 23.7 Å². The number of amides is 1. The number of carbonyl (C=O) groups is 3. The summed E-state index contributed by atoms with van der Waals surface area (Å²) in [5, 5.41) is 23.6. The SMILES string of the molecule is O=C(Cc1ccccn1)NCCC[N+]12CCC(CC1)[C@@H](OC(=O)C(O)(c1ccccc1)c1ccccc1)C2.O=C([O-])C(F)(F)F. The lowest BCUT2D eigenvalue weighted by atomic mass is 9.82. The highest BCUT2D eigenvalue weighted by molar-refractivity contribution is 5.85. The molecule has 9 nitrogen and oxygen atoms in total. The molecule has 2 bridgehead atoms. The van der Waals surface area contributed by atoms with Crippen molar-refractivity contribution in [3.63, 3.8) is 0 Å². The number of rotatable bonds is 10. The van der Waals surface area contributed by atoms with Crippen LogP contribution in [0.3, 0.4) is 0 Å². The van der Waals surface area contributed by atoms with Crippen molar-refractivity contribution in [3.05, 3.63) is 102 Å². The van der Waals surface area contributed by atoms with Crippen LogP contribution >= 0.6 is 0 Å². The van der Waals surface area contributed by atoms with Gasteiger partial charge in [-0.15, -0.1) is 0 Å².